The number of nitriles is 1. The van der Waals surface area contributed by atoms with E-state index in [9.17, 15) is 4.79 Å². The molecule has 0 atom stereocenters. The Morgan fingerprint density at radius 2 is 2.12 bits per heavy atom. The van der Waals surface area contributed by atoms with Crippen LogP contribution in [-0.2, 0) is 6.54 Å². The first-order valence-corrected chi connectivity index (χ1v) is 7.66. The highest BCUT2D eigenvalue weighted by Crippen LogP contribution is 2.21. The number of rotatable bonds is 6. The third-order valence-electron chi connectivity index (χ3n) is 3.11. The van der Waals surface area contributed by atoms with Crippen molar-refractivity contribution in [1.29, 1.82) is 5.26 Å². The molecule has 2 rings (SSSR count). The van der Waals surface area contributed by atoms with Gasteiger partial charge < -0.3 is 20.5 Å². The molecule has 0 saturated heterocycles. The van der Waals surface area contributed by atoms with Gasteiger partial charge in [0, 0.05) is 12.1 Å². The lowest BCUT2D eigenvalue weighted by Crippen LogP contribution is -2.06. The van der Waals surface area contributed by atoms with Crippen molar-refractivity contribution in [2.75, 3.05) is 26.5 Å². The first kappa shape index (κ1) is 19.9. The summed E-state index contributed by atoms with van der Waals surface area (Å²) < 4.78 is 10.2. The summed E-state index contributed by atoms with van der Waals surface area (Å²) in [5.41, 5.74) is 7.25. The highest BCUT2D eigenvalue weighted by molar-refractivity contribution is 5.76. The molecule has 0 radical (unpaired) electrons. The van der Waals surface area contributed by atoms with Crippen LogP contribution in [0.2, 0.25) is 0 Å². The average Bonchev–Trinajstić information content (AvgIpc) is 2.63. The summed E-state index contributed by atoms with van der Waals surface area (Å²) in [6.45, 7) is 2.97. The second-order valence-electron chi connectivity index (χ2n) is 4.82. The molecule has 3 N–H and O–H groups in total. The first-order chi connectivity index (χ1) is 12.1. The largest absolute Gasteiger partial charge is 0.496 e. The van der Waals surface area contributed by atoms with E-state index in [2.05, 4.69) is 16.4 Å². The fraction of sp³-hybridized carbons (Fsp3) is 0.278. The maximum atomic E-state index is 10.5. The molecule has 7 heteroatoms. The molecule has 1 aromatic carbocycles. The molecule has 25 heavy (non-hydrogen) atoms. The molecule has 0 saturated carbocycles. The van der Waals surface area contributed by atoms with Gasteiger partial charge in [0.25, 0.3) is 0 Å². The molecule has 0 amide bonds. The number of benzene rings is 1. The van der Waals surface area contributed by atoms with E-state index >= 15 is 0 Å². The van der Waals surface area contributed by atoms with Crippen molar-refractivity contribution in [1.82, 2.24) is 10.3 Å². The summed E-state index contributed by atoms with van der Waals surface area (Å²) in [5.74, 6) is 1.05. The fourth-order valence-corrected chi connectivity index (χ4v) is 2.01. The van der Waals surface area contributed by atoms with Crippen LogP contribution >= 0.6 is 0 Å². The van der Waals surface area contributed by atoms with E-state index in [-0.39, 0.29) is 22.8 Å². The van der Waals surface area contributed by atoms with E-state index in [4.69, 9.17) is 20.5 Å². The van der Waals surface area contributed by atoms with Crippen LogP contribution in [0.1, 0.15) is 28.5 Å². The molecule has 7 nitrogen and oxygen atoms in total. The first-order valence-electron chi connectivity index (χ1n) is 7.66. The van der Waals surface area contributed by atoms with Gasteiger partial charge in [-0.3, -0.25) is 4.79 Å². The number of anilines is 1. The molecule has 0 aliphatic carbocycles. The van der Waals surface area contributed by atoms with E-state index in [1.165, 1.54) is 11.6 Å². The Morgan fingerprint density at radius 1 is 1.40 bits per heavy atom. The smallest absolute Gasteiger partial charge is 0.234 e. The number of carbonyl (C=O) groups is 1. The van der Waals surface area contributed by atoms with Crippen molar-refractivity contribution in [3.63, 3.8) is 0 Å². The third-order valence-corrected chi connectivity index (χ3v) is 3.11. The Balaban J connectivity index is 0.000000257. The Hall–Kier alpha value is -3.11. The van der Waals surface area contributed by atoms with Gasteiger partial charge in [-0.2, -0.15) is 5.26 Å². The lowest BCUT2D eigenvalue weighted by atomic mass is 10.2. The Labute approximate surface area is 147 Å². The number of aldehydes is 1. The maximum absolute atomic E-state index is 10.5. The SMILES string of the molecule is CCOc1nc(C=O)cc(N)c1C#N.CNCc1ccccc1OC. The van der Waals surface area contributed by atoms with Crippen molar-refractivity contribution in [2.24, 2.45) is 0 Å². The summed E-state index contributed by atoms with van der Waals surface area (Å²) in [5, 5.41) is 11.8. The number of hydrogen-bond donors (Lipinski definition) is 2. The fourth-order valence-electron chi connectivity index (χ4n) is 2.01. The molecule has 0 unspecified atom stereocenters. The zero-order valence-electron chi connectivity index (χ0n) is 14.6. The second-order valence-corrected chi connectivity index (χ2v) is 4.82. The second kappa shape index (κ2) is 10.6. The van der Waals surface area contributed by atoms with Crippen molar-refractivity contribution >= 4 is 12.0 Å². The normalized spacial score (nSPS) is 9.36. The van der Waals surface area contributed by atoms with Gasteiger partial charge >= 0.3 is 0 Å². The molecule has 0 fully saturated rings. The van der Waals surface area contributed by atoms with Gasteiger partial charge in [-0.15, -0.1) is 0 Å². The van der Waals surface area contributed by atoms with Crippen LogP contribution in [0.5, 0.6) is 11.6 Å². The van der Waals surface area contributed by atoms with Crippen LogP contribution < -0.4 is 20.5 Å². The van der Waals surface area contributed by atoms with Crippen molar-refractivity contribution in [3.8, 4) is 17.7 Å². The van der Waals surface area contributed by atoms with Gasteiger partial charge in [-0.25, -0.2) is 4.98 Å². The minimum absolute atomic E-state index is 0.108. The van der Waals surface area contributed by atoms with Crippen LogP contribution in [0.25, 0.3) is 0 Å². The van der Waals surface area contributed by atoms with Gasteiger partial charge in [-0.1, -0.05) is 18.2 Å². The average molecular weight is 342 g/mol. The maximum Gasteiger partial charge on any atom is 0.234 e. The van der Waals surface area contributed by atoms with Crippen molar-refractivity contribution < 1.29 is 14.3 Å². The van der Waals surface area contributed by atoms with Crippen LogP contribution in [0.3, 0.4) is 0 Å². The summed E-state index contributed by atoms with van der Waals surface area (Å²) in [6, 6.07) is 11.2. The Bertz CT molecular complexity index is 742. The third kappa shape index (κ3) is 5.79. The van der Waals surface area contributed by atoms with E-state index in [0.29, 0.717) is 12.9 Å². The monoisotopic (exact) mass is 342 g/mol. The number of pyridine rings is 1. The molecule has 1 heterocycles. The van der Waals surface area contributed by atoms with Gasteiger partial charge in [0.1, 0.15) is 23.1 Å². The molecule has 0 bridgehead atoms. The molecule has 0 aliphatic rings. The minimum Gasteiger partial charge on any atom is -0.496 e. The number of nitrogen functional groups attached to an aromatic ring is 1. The number of aromatic nitrogens is 1. The number of carbonyl (C=O) groups excluding carboxylic acids is 1. The predicted octanol–water partition coefficient (Wildman–Crippen LogP) is 2.16. The molecule has 2 aromatic rings. The number of hydrogen-bond acceptors (Lipinski definition) is 7. The Kier molecular flexibility index (Phi) is 8.47. The van der Waals surface area contributed by atoms with E-state index in [0.717, 1.165) is 12.3 Å². The quantitative estimate of drug-likeness (QED) is 0.774. The number of methoxy groups -OCH3 is 1. The highest BCUT2D eigenvalue weighted by atomic mass is 16.5. The summed E-state index contributed by atoms with van der Waals surface area (Å²) in [4.78, 5) is 14.3. The molecule has 132 valence electrons. The van der Waals surface area contributed by atoms with Crippen LogP contribution in [0.15, 0.2) is 30.3 Å². The summed E-state index contributed by atoms with van der Waals surface area (Å²) >= 11 is 0. The Morgan fingerprint density at radius 3 is 2.68 bits per heavy atom. The van der Waals surface area contributed by atoms with E-state index < -0.39 is 0 Å². The van der Waals surface area contributed by atoms with Crippen molar-refractivity contribution in [2.45, 2.75) is 13.5 Å². The zero-order chi connectivity index (χ0) is 18.7. The van der Waals surface area contributed by atoms with Gasteiger partial charge in [0.15, 0.2) is 6.29 Å². The number of nitrogens with two attached hydrogens (primary N) is 1. The molecule has 0 spiro atoms. The minimum atomic E-state index is 0.108. The highest BCUT2D eigenvalue weighted by Gasteiger charge is 2.10. The zero-order valence-corrected chi connectivity index (χ0v) is 14.6. The number of nitrogens with one attached hydrogen (secondary N) is 1. The predicted molar refractivity (Wildman–Crippen MR) is 95.7 cm³/mol. The lowest BCUT2D eigenvalue weighted by Gasteiger charge is -2.06. The molecule has 1 aromatic heterocycles. The summed E-state index contributed by atoms with van der Waals surface area (Å²) in [7, 11) is 3.61. The number of ether oxygens (including phenoxy) is 2. The van der Waals surface area contributed by atoms with Crippen LogP contribution in [-0.4, -0.2) is 32.0 Å². The topological polar surface area (TPSA) is 110 Å². The van der Waals surface area contributed by atoms with Crippen molar-refractivity contribution in [3.05, 3.63) is 47.2 Å². The van der Waals surface area contributed by atoms with Gasteiger partial charge in [0.05, 0.1) is 19.4 Å². The standard InChI is InChI=1S/C9H9N3O2.C9H13NO/c1-2-14-9-7(4-10)8(11)3-6(5-13)12-9;1-10-7-8-5-3-4-6-9(8)11-2/h3,5H,2H2,1H3,(H2,11,12);3-6,10H,7H2,1-2H3. The van der Waals surface area contributed by atoms with Crippen LogP contribution in [0, 0.1) is 11.3 Å². The van der Waals surface area contributed by atoms with E-state index in [1.807, 2.05) is 31.3 Å². The van der Waals surface area contributed by atoms with E-state index in [1.54, 1.807) is 14.0 Å². The molecular weight excluding hydrogens is 320 g/mol. The molecule has 0 aliphatic heterocycles. The van der Waals surface area contributed by atoms with Gasteiger partial charge in [-0.05, 0) is 26.1 Å². The number of nitrogens with zero attached hydrogens (tertiary/aromatic N) is 2. The number of para-hydroxylation sites is 1. The molecular formula is C18H22N4O3. The lowest BCUT2D eigenvalue weighted by molar-refractivity contribution is 0.111. The van der Waals surface area contributed by atoms with Crippen LogP contribution in [0.4, 0.5) is 5.69 Å². The van der Waals surface area contributed by atoms with Gasteiger partial charge in [0.2, 0.25) is 5.88 Å². The summed E-state index contributed by atoms with van der Waals surface area (Å²) in [6.07, 6.45) is 0.556.